The first-order valence-electron chi connectivity index (χ1n) is 24.8. The first-order chi connectivity index (χ1) is 32.1. The Morgan fingerprint density at radius 1 is 0.672 bits per heavy atom. The van der Waals surface area contributed by atoms with Crippen LogP contribution in [0.5, 0.6) is 0 Å². The smallest absolute Gasteiger partial charge is 0.124 e. The Morgan fingerprint density at radius 3 is 2.22 bits per heavy atom. The number of hydrogen-bond acceptors (Lipinski definition) is 4. The van der Waals surface area contributed by atoms with E-state index in [0.29, 0.717) is 0 Å². The molecule has 0 saturated heterocycles. The van der Waals surface area contributed by atoms with Gasteiger partial charge in [-0.25, -0.2) is 0 Å². The Bertz CT molecular complexity index is 3200. The predicted octanol–water partition coefficient (Wildman–Crippen LogP) is 16.2. The maximum atomic E-state index is 6.39. The second-order valence-corrected chi connectivity index (χ2v) is 26.1. The van der Waals surface area contributed by atoms with Gasteiger partial charge in [-0.15, -0.1) is 42.0 Å². The van der Waals surface area contributed by atoms with E-state index in [-0.39, 0.29) is 20.1 Å². The van der Waals surface area contributed by atoms with Gasteiger partial charge in [0.05, 0.1) is 19.2 Å². The summed E-state index contributed by atoms with van der Waals surface area (Å²) >= 11 is 0. The molecule has 67 heavy (non-hydrogen) atoms. The van der Waals surface area contributed by atoms with Crippen LogP contribution in [-0.4, -0.2) is 18.0 Å². The van der Waals surface area contributed by atoms with Crippen LogP contribution in [-0.2, 0) is 32.9 Å². The van der Waals surface area contributed by atoms with Crippen molar-refractivity contribution >= 4 is 57.1 Å². The molecule has 1 unspecified atom stereocenters. The molecule has 343 valence electrons. The third kappa shape index (κ3) is 9.15. The van der Waals surface area contributed by atoms with Gasteiger partial charge in [0, 0.05) is 43.3 Å². The molecule has 5 aromatic carbocycles. The van der Waals surface area contributed by atoms with Crippen LogP contribution in [0.4, 0.5) is 0 Å². The number of aromatic nitrogens is 2. The predicted molar refractivity (Wildman–Crippen MR) is 277 cm³/mol. The Kier molecular flexibility index (Phi) is 13.0. The topological polar surface area (TPSA) is 52.1 Å². The zero-order valence-corrected chi connectivity index (χ0v) is 43.2. The normalized spacial score (nSPS) is 18.6. The molecule has 13 rings (SSSR count). The van der Waals surface area contributed by atoms with Crippen molar-refractivity contribution in [1.29, 1.82) is 0 Å². The van der Waals surface area contributed by atoms with Crippen molar-refractivity contribution in [2.24, 2.45) is 23.7 Å². The number of pyridine rings is 2. The van der Waals surface area contributed by atoms with E-state index < -0.39 is 8.07 Å². The van der Waals surface area contributed by atoms with Crippen molar-refractivity contribution in [1.82, 2.24) is 9.97 Å². The Balaban J connectivity index is 0.000000157. The summed E-state index contributed by atoms with van der Waals surface area (Å²) in [5.41, 5.74) is 15.6. The monoisotopic (exact) mass is 1080 g/mol. The number of para-hydroxylation sites is 1. The summed E-state index contributed by atoms with van der Waals surface area (Å²) < 4.78 is 12.7. The van der Waals surface area contributed by atoms with Gasteiger partial charge in [0.1, 0.15) is 11.2 Å². The number of nitrogens with zero attached hydrogens (tertiary/aromatic N) is 2. The molecule has 1 atom stereocenters. The van der Waals surface area contributed by atoms with E-state index in [1.165, 1.54) is 121 Å². The second kappa shape index (κ2) is 19.1. The summed E-state index contributed by atoms with van der Waals surface area (Å²) in [4.78, 5) is 9.68. The molecule has 4 aromatic heterocycles. The Morgan fingerprint density at radius 2 is 1.45 bits per heavy atom. The summed E-state index contributed by atoms with van der Waals surface area (Å²) in [5, 5.41) is 6.12. The first kappa shape index (κ1) is 45.6. The molecule has 2 bridgehead atoms. The molecule has 9 aromatic rings. The molecular weight excluding hydrogens is 1010 g/mol. The van der Waals surface area contributed by atoms with Crippen LogP contribution >= 0.6 is 0 Å². The number of furan rings is 2. The standard InChI is InChI=1S/C34H32NO.C27H30NOSi.Ir/c1-21-16-30-29-20-27(12-13-32(29)36-34(30)22(2)33(21)26-6-4-3-5-7-26)31-19-24(14-15-35-31)18-28-17-23-8-10-25(28)11-9-23;1-30(2,3)26-18-28-24(17-20(26)16-19-10-5-4-6-11-19)23-14-9-13-22-21-12-7-8-15-25(21)29-27(22)23;/h3-7,13-16,19-20,23,25,28H,8-11,17-18H2,1-2H3;7-9,12-13,15,17-19H,4-6,10-11,16H2,1-3H3;/q2*-1;. The Hall–Kier alpha value is -5.13. The van der Waals surface area contributed by atoms with Crippen molar-refractivity contribution in [2.45, 2.75) is 111 Å². The minimum Gasteiger partial charge on any atom is -0.501 e. The molecule has 0 N–H and O–H groups in total. The van der Waals surface area contributed by atoms with Gasteiger partial charge < -0.3 is 18.8 Å². The summed E-state index contributed by atoms with van der Waals surface area (Å²) in [6.07, 6.45) is 20.7. The average molecular weight is 1080 g/mol. The van der Waals surface area contributed by atoms with Crippen molar-refractivity contribution in [3.05, 3.63) is 150 Å². The third-order valence-corrected chi connectivity index (χ3v) is 17.7. The molecular formula is C61H62IrN2O2Si-2. The van der Waals surface area contributed by atoms with Gasteiger partial charge in [0.2, 0.25) is 0 Å². The molecule has 0 aliphatic heterocycles. The zero-order valence-electron chi connectivity index (χ0n) is 39.8. The fourth-order valence-corrected chi connectivity index (χ4v) is 13.8. The van der Waals surface area contributed by atoms with Crippen molar-refractivity contribution in [3.63, 3.8) is 0 Å². The molecule has 4 saturated carbocycles. The fraction of sp³-hybridized carbons (Fsp3) is 0.344. The van der Waals surface area contributed by atoms with Crippen molar-refractivity contribution in [3.8, 4) is 33.6 Å². The van der Waals surface area contributed by atoms with Crippen LogP contribution in [0.2, 0.25) is 19.6 Å². The fourth-order valence-electron chi connectivity index (χ4n) is 12.3. The van der Waals surface area contributed by atoms with E-state index in [2.05, 4.69) is 131 Å². The SMILES string of the molecule is C[Si](C)(C)c1cnc(-c2[c-]ccc3c2oc2ccccc23)cc1CC1CCCCC1.Cc1cc2c(oc3c[c-]c(-c4cc(CC5CC6CCC5CC6)ccn4)cc32)c(C)c1-c1ccccc1.[Ir]. The number of rotatable bonds is 8. The van der Waals surface area contributed by atoms with E-state index in [1.54, 1.807) is 0 Å². The van der Waals surface area contributed by atoms with E-state index in [1.807, 2.05) is 30.5 Å². The van der Waals surface area contributed by atoms with Crippen molar-refractivity contribution in [2.75, 3.05) is 0 Å². The molecule has 6 heteroatoms. The van der Waals surface area contributed by atoms with Crippen LogP contribution in [0.25, 0.3) is 77.5 Å². The molecule has 0 spiro atoms. The minimum absolute atomic E-state index is 0. The zero-order chi connectivity index (χ0) is 44.9. The van der Waals surface area contributed by atoms with Gasteiger partial charge in [0.25, 0.3) is 0 Å². The Labute approximate surface area is 411 Å². The number of hydrogen-bond donors (Lipinski definition) is 0. The molecule has 4 heterocycles. The second-order valence-electron chi connectivity index (χ2n) is 21.1. The quantitative estimate of drug-likeness (QED) is 0.112. The van der Waals surface area contributed by atoms with E-state index in [0.717, 1.165) is 84.7 Å². The van der Waals surface area contributed by atoms with E-state index in [4.69, 9.17) is 18.8 Å². The summed E-state index contributed by atoms with van der Waals surface area (Å²) in [7, 11) is -1.46. The molecule has 4 aliphatic rings. The van der Waals surface area contributed by atoms with Crippen LogP contribution < -0.4 is 5.19 Å². The molecule has 4 nitrogen and oxygen atoms in total. The van der Waals surface area contributed by atoms with Gasteiger partial charge in [0.15, 0.2) is 0 Å². The molecule has 4 fully saturated rings. The maximum Gasteiger partial charge on any atom is 0.124 e. The summed E-state index contributed by atoms with van der Waals surface area (Å²) in [6, 6.07) is 43.2. The van der Waals surface area contributed by atoms with Crippen LogP contribution in [0.15, 0.2) is 124 Å². The summed E-state index contributed by atoms with van der Waals surface area (Å²) in [6.45, 7) is 11.7. The van der Waals surface area contributed by atoms with Gasteiger partial charge in [-0.05, 0) is 127 Å². The molecule has 4 aliphatic carbocycles. The minimum atomic E-state index is -1.46. The molecule has 0 amide bonds. The number of aryl methyl sites for hydroxylation is 2. The maximum absolute atomic E-state index is 6.39. The number of fused-ring (bicyclic) bond motifs is 9. The number of benzene rings is 5. The van der Waals surface area contributed by atoms with Crippen LogP contribution in [0.3, 0.4) is 0 Å². The van der Waals surface area contributed by atoms with Gasteiger partial charge in [-0.3, -0.25) is 0 Å². The average Bonchev–Trinajstić information content (AvgIpc) is 3.91. The van der Waals surface area contributed by atoms with Crippen LogP contribution in [0.1, 0.15) is 86.5 Å². The first-order valence-corrected chi connectivity index (χ1v) is 28.3. The van der Waals surface area contributed by atoms with Crippen molar-refractivity contribution < 1.29 is 28.9 Å². The summed E-state index contributed by atoms with van der Waals surface area (Å²) in [5.74, 6) is 3.57. The molecule has 1 radical (unpaired) electrons. The van der Waals surface area contributed by atoms with Gasteiger partial charge >= 0.3 is 0 Å². The van der Waals surface area contributed by atoms with Gasteiger partial charge in [-0.2, -0.15) is 0 Å². The van der Waals surface area contributed by atoms with E-state index in [9.17, 15) is 0 Å². The van der Waals surface area contributed by atoms with Gasteiger partial charge in [-0.1, -0.05) is 153 Å². The van der Waals surface area contributed by atoms with E-state index >= 15 is 0 Å². The third-order valence-electron chi connectivity index (χ3n) is 15.6. The largest absolute Gasteiger partial charge is 0.501 e. The van der Waals surface area contributed by atoms with Crippen LogP contribution in [0, 0.1) is 49.7 Å².